The summed E-state index contributed by atoms with van der Waals surface area (Å²) in [6, 6.07) is 0. The molecule has 5 heteroatoms. The lowest BCUT2D eigenvalue weighted by Gasteiger charge is -2.12. The van der Waals surface area contributed by atoms with E-state index in [0.29, 0.717) is 0 Å². The van der Waals surface area contributed by atoms with Crippen molar-refractivity contribution >= 4 is 30.1 Å². The van der Waals surface area contributed by atoms with Crippen molar-refractivity contribution in [1.29, 1.82) is 0 Å². The number of thioether (sulfide) groups is 1. The molecule has 1 N–H and O–H groups in total. The van der Waals surface area contributed by atoms with Crippen molar-refractivity contribution in [1.82, 2.24) is 4.90 Å². The number of carbonyl (C=O) groups is 1. The zero-order valence-corrected chi connectivity index (χ0v) is 9.20. The molecule has 3 nitrogen and oxygen atoms in total. The number of halogens is 1. The van der Waals surface area contributed by atoms with Gasteiger partial charge in [0.05, 0.1) is 5.75 Å². The van der Waals surface area contributed by atoms with E-state index in [1.165, 1.54) is 37.7 Å². The van der Waals surface area contributed by atoms with Gasteiger partial charge in [-0.3, -0.25) is 4.79 Å². The highest BCUT2D eigenvalue weighted by molar-refractivity contribution is 7.99. The maximum atomic E-state index is 10.2. The fraction of sp³-hybridized carbons (Fsp3) is 0.875. The number of carboxylic acids is 1. The van der Waals surface area contributed by atoms with Gasteiger partial charge in [-0.15, -0.1) is 24.2 Å². The molecule has 0 amide bonds. The summed E-state index contributed by atoms with van der Waals surface area (Å²) >= 11 is 1.51. The fourth-order valence-electron chi connectivity index (χ4n) is 1.36. The van der Waals surface area contributed by atoms with E-state index in [1.54, 1.807) is 0 Å². The first-order valence-electron chi connectivity index (χ1n) is 4.31. The number of hydrogen-bond acceptors (Lipinski definition) is 3. The molecule has 0 spiro atoms. The van der Waals surface area contributed by atoms with E-state index in [-0.39, 0.29) is 18.2 Å². The first-order chi connectivity index (χ1) is 5.79. The van der Waals surface area contributed by atoms with Crippen LogP contribution >= 0.6 is 24.2 Å². The zero-order chi connectivity index (χ0) is 8.81. The van der Waals surface area contributed by atoms with E-state index < -0.39 is 5.97 Å². The normalized spacial score (nSPS) is 16.9. The molecule has 0 aromatic rings. The smallest absolute Gasteiger partial charge is 0.313 e. The number of carboxylic acid groups (broad SMARTS) is 1. The Morgan fingerprint density at radius 1 is 1.38 bits per heavy atom. The third-order valence-corrected chi connectivity index (χ3v) is 2.90. The summed E-state index contributed by atoms with van der Waals surface area (Å²) in [6.07, 6.45) is 2.62. The van der Waals surface area contributed by atoms with Crippen LogP contribution in [0.3, 0.4) is 0 Å². The molecule has 0 bridgehead atoms. The van der Waals surface area contributed by atoms with Crippen LogP contribution in [0.2, 0.25) is 0 Å². The van der Waals surface area contributed by atoms with Gasteiger partial charge in [0.25, 0.3) is 0 Å². The van der Waals surface area contributed by atoms with Crippen molar-refractivity contribution in [3.63, 3.8) is 0 Å². The Bertz CT molecular complexity index is 151. The summed E-state index contributed by atoms with van der Waals surface area (Å²) in [5.41, 5.74) is 0. The second-order valence-corrected chi connectivity index (χ2v) is 4.10. The molecule has 1 heterocycles. The lowest BCUT2D eigenvalue weighted by atomic mass is 10.4. The number of nitrogens with zero attached hydrogens (tertiary/aromatic N) is 1. The molecule has 1 saturated heterocycles. The molecule has 0 atom stereocenters. The maximum absolute atomic E-state index is 10.2. The number of hydrogen-bond donors (Lipinski definition) is 1. The molecule has 0 radical (unpaired) electrons. The van der Waals surface area contributed by atoms with Crippen molar-refractivity contribution in [2.75, 3.05) is 31.1 Å². The quantitative estimate of drug-likeness (QED) is 0.717. The van der Waals surface area contributed by atoms with Gasteiger partial charge < -0.3 is 10.0 Å². The molecule has 78 valence electrons. The van der Waals surface area contributed by atoms with Gasteiger partial charge in [0.2, 0.25) is 0 Å². The zero-order valence-electron chi connectivity index (χ0n) is 7.57. The highest BCUT2D eigenvalue weighted by Gasteiger charge is 2.10. The fourth-order valence-corrected chi connectivity index (χ4v) is 2.07. The minimum Gasteiger partial charge on any atom is -0.481 e. The van der Waals surface area contributed by atoms with E-state index in [2.05, 4.69) is 4.90 Å². The summed E-state index contributed by atoms with van der Waals surface area (Å²) < 4.78 is 0. The van der Waals surface area contributed by atoms with E-state index in [9.17, 15) is 4.79 Å². The summed E-state index contributed by atoms with van der Waals surface area (Å²) in [5.74, 6) is 0.488. The van der Waals surface area contributed by atoms with Crippen molar-refractivity contribution in [2.45, 2.75) is 12.8 Å². The van der Waals surface area contributed by atoms with Crippen LogP contribution in [-0.4, -0.2) is 47.1 Å². The molecule has 1 aliphatic heterocycles. The van der Waals surface area contributed by atoms with Crippen molar-refractivity contribution < 1.29 is 9.90 Å². The standard InChI is InChI=1S/C8H15NO2S.ClH/c10-8(11)7-12-6-5-9-3-1-2-4-9;/h1-7H2,(H,10,11);1H. The molecule has 13 heavy (non-hydrogen) atoms. The summed E-state index contributed by atoms with van der Waals surface area (Å²) in [7, 11) is 0. The Hall–Kier alpha value is 0.0700. The van der Waals surface area contributed by atoms with Crippen LogP contribution in [0.15, 0.2) is 0 Å². The van der Waals surface area contributed by atoms with Crippen molar-refractivity contribution in [3.05, 3.63) is 0 Å². The Balaban J connectivity index is 0.00000144. The second kappa shape index (κ2) is 7.47. The van der Waals surface area contributed by atoms with Gasteiger partial charge >= 0.3 is 5.97 Å². The first kappa shape index (κ1) is 13.1. The van der Waals surface area contributed by atoms with E-state index in [1.807, 2.05) is 0 Å². The Morgan fingerprint density at radius 2 is 2.00 bits per heavy atom. The maximum Gasteiger partial charge on any atom is 0.313 e. The van der Waals surface area contributed by atoms with Crippen LogP contribution in [-0.2, 0) is 4.79 Å². The predicted molar refractivity (Wildman–Crippen MR) is 57.9 cm³/mol. The summed E-state index contributed by atoms with van der Waals surface area (Å²) in [4.78, 5) is 12.6. The topological polar surface area (TPSA) is 40.5 Å². The molecule has 0 aromatic heterocycles. The predicted octanol–water partition coefficient (Wildman–Crippen LogP) is 1.32. The summed E-state index contributed by atoms with van der Waals surface area (Å²) in [5, 5.41) is 8.37. The Kier molecular flexibility index (Phi) is 7.51. The summed E-state index contributed by atoms with van der Waals surface area (Å²) in [6.45, 7) is 3.46. The van der Waals surface area contributed by atoms with Gasteiger partial charge in [-0.05, 0) is 25.9 Å². The second-order valence-electron chi connectivity index (χ2n) is 3.00. The van der Waals surface area contributed by atoms with Crippen LogP contribution in [0.5, 0.6) is 0 Å². The molecular weight excluding hydrogens is 210 g/mol. The average Bonchev–Trinajstić information content (AvgIpc) is 2.49. The lowest BCUT2D eigenvalue weighted by molar-refractivity contribution is -0.133. The third kappa shape index (κ3) is 6.18. The van der Waals surface area contributed by atoms with Crippen LogP contribution in [0.25, 0.3) is 0 Å². The number of rotatable bonds is 5. The van der Waals surface area contributed by atoms with Crippen molar-refractivity contribution in [3.8, 4) is 0 Å². The monoisotopic (exact) mass is 225 g/mol. The molecule has 0 aromatic carbocycles. The van der Waals surface area contributed by atoms with E-state index in [4.69, 9.17) is 5.11 Å². The average molecular weight is 226 g/mol. The van der Waals surface area contributed by atoms with Crippen LogP contribution in [0.1, 0.15) is 12.8 Å². The first-order valence-corrected chi connectivity index (χ1v) is 5.46. The van der Waals surface area contributed by atoms with E-state index in [0.717, 1.165) is 12.3 Å². The van der Waals surface area contributed by atoms with Gasteiger partial charge in [-0.25, -0.2) is 0 Å². The highest BCUT2D eigenvalue weighted by atomic mass is 35.5. The van der Waals surface area contributed by atoms with E-state index >= 15 is 0 Å². The van der Waals surface area contributed by atoms with Gasteiger partial charge in [0.1, 0.15) is 0 Å². The molecule has 0 unspecified atom stereocenters. The molecular formula is C8H16ClNO2S. The van der Waals surface area contributed by atoms with Gasteiger partial charge in [-0.1, -0.05) is 0 Å². The third-order valence-electron chi connectivity index (χ3n) is 1.98. The van der Waals surface area contributed by atoms with Gasteiger partial charge in [0, 0.05) is 12.3 Å². The molecule has 0 saturated carbocycles. The van der Waals surface area contributed by atoms with Crippen LogP contribution in [0, 0.1) is 0 Å². The minimum absolute atomic E-state index is 0. The number of likely N-dealkylation sites (tertiary alicyclic amines) is 1. The SMILES string of the molecule is Cl.O=C(O)CSCCN1CCCC1. The Morgan fingerprint density at radius 3 is 2.54 bits per heavy atom. The largest absolute Gasteiger partial charge is 0.481 e. The van der Waals surface area contributed by atoms with Gasteiger partial charge in [0.15, 0.2) is 0 Å². The Labute approximate surface area is 89.3 Å². The molecule has 1 fully saturated rings. The molecule has 0 aliphatic carbocycles. The molecule has 1 aliphatic rings. The van der Waals surface area contributed by atoms with Gasteiger partial charge in [-0.2, -0.15) is 0 Å². The van der Waals surface area contributed by atoms with Crippen molar-refractivity contribution in [2.24, 2.45) is 0 Å². The van der Waals surface area contributed by atoms with Crippen LogP contribution < -0.4 is 0 Å². The lowest BCUT2D eigenvalue weighted by Crippen LogP contribution is -2.22. The van der Waals surface area contributed by atoms with Crippen LogP contribution in [0.4, 0.5) is 0 Å². The molecule has 1 rings (SSSR count). The highest BCUT2D eigenvalue weighted by Crippen LogP contribution is 2.08. The number of aliphatic carboxylic acids is 1. The minimum atomic E-state index is -0.707.